The van der Waals surface area contributed by atoms with Crippen LogP contribution >= 0.6 is 10.2 Å². The molecule has 2 rings (SSSR count). The van der Waals surface area contributed by atoms with Crippen LogP contribution in [-0.2, 0) is 6.42 Å². The van der Waals surface area contributed by atoms with Gasteiger partial charge in [-0.2, -0.15) is 10.2 Å². The zero-order valence-corrected chi connectivity index (χ0v) is 15.5. The molecule has 0 bridgehead atoms. The van der Waals surface area contributed by atoms with E-state index in [1.54, 1.807) is 0 Å². The van der Waals surface area contributed by atoms with Crippen LogP contribution in [0.25, 0.3) is 0 Å². The van der Waals surface area contributed by atoms with Crippen molar-refractivity contribution < 1.29 is 4.79 Å². The minimum atomic E-state index is -1.00. The van der Waals surface area contributed by atoms with Crippen molar-refractivity contribution >= 4 is 16.0 Å². The van der Waals surface area contributed by atoms with Gasteiger partial charge in [-0.25, -0.2) is 0 Å². The molecule has 0 fully saturated rings. The number of aromatic nitrogens is 1. The Kier molecular flexibility index (Phi) is 4.63. The van der Waals surface area contributed by atoms with Crippen LogP contribution in [0.1, 0.15) is 76.0 Å². The third-order valence-corrected chi connectivity index (χ3v) is 10.5. The molecular weight excluding hydrogens is 278 g/mol. The minimum Gasteiger partial charge on any atom is -0.313 e. The van der Waals surface area contributed by atoms with Crippen LogP contribution in [0.4, 0.5) is 0 Å². The van der Waals surface area contributed by atoms with E-state index in [0.29, 0.717) is 21.5 Å². The van der Waals surface area contributed by atoms with Crippen molar-refractivity contribution in [3.63, 3.8) is 0 Å². The number of Topliss-reactive ketones (excluding diaryl/α,β-unsaturated/α-hetero) is 1. The van der Waals surface area contributed by atoms with E-state index in [-0.39, 0.29) is 0 Å². The molecule has 0 spiro atoms. The van der Waals surface area contributed by atoms with Crippen molar-refractivity contribution in [2.45, 2.75) is 83.5 Å². The summed E-state index contributed by atoms with van der Waals surface area (Å²) in [5, 5.41) is 1.85. The normalized spacial score (nSPS) is 17.0. The highest BCUT2D eigenvalue weighted by Gasteiger charge is 2.39. The predicted octanol–water partition coefficient (Wildman–Crippen LogP) is 5.11. The van der Waals surface area contributed by atoms with E-state index in [1.165, 1.54) is 11.3 Å². The van der Waals surface area contributed by atoms with Crippen LogP contribution in [0.15, 0.2) is 6.20 Å². The van der Waals surface area contributed by atoms with Gasteiger partial charge in [0.25, 0.3) is 0 Å². The molecule has 0 unspecified atom stereocenters. The Labute approximate surface area is 131 Å². The van der Waals surface area contributed by atoms with Gasteiger partial charge < -0.3 is 3.97 Å². The Hall–Kier alpha value is -0.700. The van der Waals surface area contributed by atoms with Gasteiger partial charge in [0, 0.05) is 39.6 Å². The first-order valence-electron chi connectivity index (χ1n) is 8.29. The maximum Gasteiger partial charge on any atom is 0.164 e. The summed E-state index contributed by atoms with van der Waals surface area (Å²) in [4.78, 5) is 12.4. The maximum absolute atomic E-state index is 12.4. The van der Waals surface area contributed by atoms with Gasteiger partial charge in [0.15, 0.2) is 5.78 Å². The van der Waals surface area contributed by atoms with Gasteiger partial charge in [-0.05, 0) is 25.3 Å². The first-order chi connectivity index (χ1) is 9.74. The Bertz CT molecular complexity index is 518. The lowest BCUT2D eigenvalue weighted by Gasteiger charge is -2.53. The molecule has 0 aromatic carbocycles. The lowest BCUT2D eigenvalue weighted by Crippen LogP contribution is -2.35. The van der Waals surface area contributed by atoms with Crippen molar-refractivity contribution in [3.05, 3.63) is 23.0 Å². The summed E-state index contributed by atoms with van der Waals surface area (Å²) < 4.78 is 2.58. The summed E-state index contributed by atoms with van der Waals surface area (Å²) >= 11 is 0. The molecule has 0 saturated carbocycles. The molecule has 21 heavy (non-hydrogen) atoms. The Balaban J connectivity index is 2.73. The second-order valence-corrected chi connectivity index (χ2v) is 11.8. The molecule has 0 saturated heterocycles. The van der Waals surface area contributed by atoms with Crippen LogP contribution in [0.2, 0.25) is 0 Å². The van der Waals surface area contributed by atoms with Gasteiger partial charge in [-0.3, -0.25) is 4.79 Å². The van der Waals surface area contributed by atoms with E-state index in [4.69, 9.17) is 0 Å². The molecule has 1 heterocycles. The van der Waals surface area contributed by atoms with E-state index in [2.05, 4.69) is 58.6 Å². The van der Waals surface area contributed by atoms with Gasteiger partial charge in [0.1, 0.15) is 0 Å². The average Bonchev–Trinajstić information content (AvgIpc) is 2.68. The summed E-state index contributed by atoms with van der Waals surface area (Å²) in [7, 11) is -1.00. The number of carbonyl (C=O) groups is 1. The molecule has 0 aliphatic heterocycles. The number of hydrogen-bond acceptors (Lipinski definition) is 1. The van der Waals surface area contributed by atoms with Crippen molar-refractivity contribution in [3.8, 4) is 0 Å². The van der Waals surface area contributed by atoms with Crippen molar-refractivity contribution in [2.24, 2.45) is 0 Å². The van der Waals surface area contributed by atoms with Gasteiger partial charge in [-0.1, -0.05) is 41.5 Å². The van der Waals surface area contributed by atoms with Crippen LogP contribution in [0.5, 0.6) is 0 Å². The monoisotopic (exact) mass is 309 g/mol. The number of aryl methyl sites for hydroxylation is 1. The molecule has 0 amide bonds. The average molecular weight is 310 g/mol. The largest absolute Gasteiger partial charge is 0.313 e. The fraction of sp³-hybridized carbons (Fsp3) is 0.722. The maximum atomic E-state index is 12.4. The Morgan fingerprint density at radius 3 is 2.00 bits per heavy atom. The Morgan fingerprint density at radius 2 is 1.52 bits per heavy atom. The van der Waals surface area contributed by atoms with E-state index in [1.807, 2.05) is 0 Å². The van der Waals surface area contributed by atoms with Crippen LogP contribution < -0.4 is 0 Å². The number of fused-ring (bicyclic) bond motifs is 1. The number of nitrogens with zero attached hydrogens (tertiary/aromatic N) is 1. The van der Waals surface area contributed by atoms with Crippen molar-refractivity contribution in [1.29, 1.82) is 0 Å². The molecule has 1 aliphatic rings. The van der Waals surface area contributed by atoms with Crippen molar-refractivity contribution in [1.82, 2.24) is 3.97 Å². The van der Waals surface area contributed by atoms with Crippen LogP contribution in [0.3, 0.4) is 0 Å². The highest BCUT2D eigenvalue weighted by atomic mass is 32.3. The number of hydrogen-bond donors (Lipinski definition) is 0. The number of carbonyl (C=O) groups excluding carboxylic acids is 1. The molecule has 1 aliphatic carbocycles. The highest BCUT2D eigenvalue weighted by molar-refractivity contribution is 8.33. The fourth-order valence-corrected chi connectivity index (χ4v) is 9.94. The molecule has 0 atom stereocenters. The molecule has 3 heteroatoms. The highest BCUT2D eigenvalue weighted by Crippen LogP contribution is 2.62. The minimum absolute atomic E-state index is 0.358. The number of ketones is 1. The molecule has 0 radical (unpaired) electrons. The lowest BCUT2D eigenvalue weighted by atomic mass is 9.94. The topological polar surface area (TPSA) is 22.0 Å². The van der Waals surface area contributed by atoms with E-state index >= 15 is 0 Å². The fourth-order valence-electron chi connectivity index (χ4n) is 4.41. The molecule has 1 aromatic heterocycles. The Morgan fingerprint density at radius 1 is 1.00 bits per heavy atom. The van der Waals surface area contributed by atoms with Crippen LogP contribution in [-0.4, -0.2) is 25.5 Å². The van der Waals surface area contributed by atoms with E-state index in [9.17, 15) is 4.79 Å². The first kappa shape index (κ1) is 16.7. The summed E-state index contributed by atoms with van der Waals surface area (Å²) in [5.74, 6) is 0.358. The quantitative estimate of drug-likeness (QED) is 0.757. The molecule has 2 nitrogen and oxygen atoms in total. The van der Waals surface area contributed by atoms with Gasteiger partial charge in [0.05, 0.1) is 0 Å². The third kappa shape index (κ3) is 2.38. The lowest BCUT2D eigenvalue weighted by molar-refractivity contribution is 0.0971. The SMILES string of the molecule is Cc1cn(S(C(C)C)(C(C)C)C(C)C)c2c1C(=O)CCC2. The second kappa shape index (κ2) is 5.83. The zero-order chi connectivity index (χ0) is 15.9. The third-order valence-electron chi connectivity index (χ3n) is 4.96. The van der Waals surface area contributed by atoms with Gasteiger partial charge in [-0.15, -0.1) is 0 Å². The van der Waals surface area contributed by atoms with Gasteiger partial charge in [0.2, 0.25) is 0 Å². The van der Waals surface area contributed by atoms with Crippen molar-refractivity contribution in [2.75, 3.05) is 0 Å². The molecule has 1 aromatic rings. The van der Waals surface area contributed by atoms with E-state index in [0.717, 1.165) is 24.8 Å². The van der Waals surface area contributed by atoms with E-state index < -0.39 is 10.2 Å². The summed E-state index contributed by atoms with van der Waals surface area (Å²) in [5.41, 5.74) is 3.56. The summed E-state index contributed by atoms with van der Waals surface area (Å²) in [6.07, 6.45) is 5.10. The molecular formula is C18H31NOS. The predicted molar refractivity (Wildman–Crippen MR) is 94.8 cm³/mol. The molecule has 0 N–H and O–H groups in total. The number of rotatable bonds is 4. The second-order valence-electron chi connectivity index (χ2n) is 7.11. The molecule has 120 valence electrons. The first-order valence-corrected chi connectivity index (χ1v) is 10.1. The summed E-state index contributed by atoms with van der Waals surface area (Å²) in [6.45, 7) is 16.3. The standard InChI is InChI=1S/C18H31NOS/c1-12(2)21(13(3)4,14(5)6)19-11-15(7)18-16(19)9-8-10-17(18)20/h11-14H,8-10H2,1-7H3. The summed E-state index contributed by atoms with van der Waals surface area (Å²) in [6, 6.07) is 0. The smallest absolute Gasteiger partial charge is 0.164 e. The zero-order valence-electron chi connectivity index (χ0n) is 14.7. The van der Waals surface area contributed by atoms with Gasteiger partial charge >= 0.3 is 0 Å². The van der Waals surface area contributed by atoms with Crippen LogP contribution in [0, 0.1) is 6.92 Å².